The molecule has 1 aliphatic heterocycles. The number of esters is 2. The van der Waals surface area contributed by atoms with Crippen LogP contribution in [0.25, 0.3) is 0 Å². The van der Waals surface area contributed by atoms with E-state index in [-0.39, 0.29) is 12.8 Å². The Morgan fingerprint density at radius 1 is 0.950 bits per heavy atom. The van der Waals surface area contributed by atoms with Crippen molar-refractivity contribution in [1.82, 2.24) is 0 Å². The maximum absolute atomic E-state index is 10.3. The molecule has 0 aromatic heterocycles. The molecule has 1 saturated heterocycles. The molecule has 1 rings (SSSR count). The second kappa shape index (κ2) is 7.19. The topological polar surface area (TPSA) is 175 Å². The summed E-state index contributed by atoms with van der Waals surface area (Å²) in [6.07, 6.45) is -1.76. The normalized spacial score (nSPS) is 14.1. The fourth-order valence-electron chi connectivity index (χ4n) is 1.15. The second-order valence-corrected chi connectivity index (χ2v) is 3.82. The third kappa shape index (κ3) is 6.44. The molecule has 0 unspecified atom stereocenters. The average Bonchev–Trinajstić information content (AvgIpc) is 2.60. The number of cyclic esters (lactones) is 2. The molecular weight excluding hydrogens is 280 g/mol. The van der Waals surface area contributed by atoms with Gasteiger partial charge in [-0.15, -0.1) is 0 Å². The molecule has 10 heteroatoms. The first-order valence-corrected chi connectivity index (χ1v) is 5.19. The lowest BCUT2D eigenvalue weighted by Gasteiger charge is -2.18. The molecule has 0 aliphatic carbocycles. The Morgan fingerprint density at radius 2 is 1.30 bits per heavy atom. The van der Waals surface area contributed by atoms with Crippen LogP contribution in [0, 0.1) is 0 Å². The molecule has 1 fully saturated rings. The molecule has 20 heavy (non-hydrogen) atoms. The zero-order valence-electron chi connectivity index (χ0n) is 10.1. The third-order valence-corrected chi connectivity index (χ3v) is 2.05. The minimum absolute atomic E-state index is 0.263. The maximum Gasteiger partial charge on any atom is 0.336 e. The number of aliphatic hydroxyl groups is 1. The first-order valence-electron chi connectivity index (χ1n) is 5.19. The summed E-state index contributed by atoms with van der Waals surface area (Å²) in [6, 6.07) is 0. The van der Waals surface area contributed by atoms with Crippen LogP contribution in [-0.4, -0.2) is 55.9 Å². The number of carbonyl (C=O) groups is 5. The predicted octanol–water partition coefficient (Wildman–Crippen LogP) is -1.40. The molecule has 0 amide bonds. The number of carbonyl (C=O) groups excluding carboxylic acids is 2. The average molecular weight is 292 g/mol. The molecule has 10 nitrogen and oxygen atoms in total. The smallest absolute Gasteiger partial charge is 0.336 e. The summed E-state index contributed by atoms with van der Waals surface area (Å²) in [5.41, 5.74) is -2.74. The van der Waals surface area contributed by atoms with E-state index in [0.717, 1.165) is 0 Å². The number of aliphatic carboxylic acids is 3. The monoisotopic (exact) mass is 292 g/mol. The fraction of sp³-hybridized carbons (Fsp3) is 0.500. The summed E-state index contributed by atoms with van der Waals surface area (Å²) in [6.45, 7) is 0. The van der Waals surface area contributed by atoms with Crippen molar-refractivity contribution in [2.24, 2.45) is 0 Å². The Hall–Kier alpha value is -2.49. The van der Waals surface area contributed by atoms with Crippen LogP contribution in [0.1, 0.15) is 25.7 Å². The number of hydrogen-bond donors (Lipinski definition) is 4. The second-order valence-electron chi connectivity index (χ2n) is 3.82. The summed E-state index contributed by atoms with van der Waals surface area (Å²) in [5.74, 6) is -5.82. The molecule has 0 aromatic rings. The predicted molar refractivity (Wildman–Crippen MR) is 57.4 cm³/mol. The van der Waals surface area contributed by atoms with Gasteiger partial charge in [0, 0.05) is 0 Å². The van der Waals surface area contributed by atoms with Gasteiger partial charge in [-0.25, -0.2) is 4.79 Å². The Labute approximate surface area is 111 Å². The molecule has 0 spiro atoms. The van der Waals surface area contributed by atoms with Gasteiger partial charge in [-0.3, -0.25) is 19.2 Å². The van der Waals surface area contributed by atoms with Crippen LogP contribution in [0.5, 0.6) is 0 Å². The van der Waals surface area contributed by atoms with Crippen LogP contribution in [0.3, 0.4) is 0 Å². The summed E-state index contributed by atoms with van der Waals surface area (Å²) >= 11 is 0. The lowest BCUT2D eigenvalue weighted by molar-refractivity contribution is -0.170. The Kier molecular flexibility index (Phi) is 6.29. The van der Waals surface area contributed by atoms with Gasteiger partial charge >= 0.3 is 29.8 Å². The minimum Gasteiger partial charge on any atom is -0.481 e. The van der Waals surface area contributed by atoms with Crippen molar-refractivity contribution in [2.75, 3.05) is 0 Å². The number of carboxylic acid groups (broad SMARTS) is 3. The summed E-state index contributed by atoms with van der Waals surface area (Å²) < 4.78 is 4.08. The van der Waals surface area contributed by atoms with Gasteiger partial charge in [0.25, 0.3) is 0 Å². The molecule has 112 valence electrons. The van der Waals surface area contributed by atoms with E-state index in [1.54, 1.807) is 0 Å². The van der Waals surface area contributed by atoms with Crippen molar-refractivity contribution in [2.45, 2.75) is 31.3 Å². The molecule has 4 N–H and O–H groups in total. The van der Waals surface area contributed by atoms with Gasteiger partial charge in [0.15, 0.2) is 5.60 Å². The molecule has 0 saturated carbocycles. The van der Waals surface area contributed by atoms with E-state index in [0.29, 0.717) is 0 Å². The van der Waals surface area contributed by atoms with E-state index in [9.17, 15) is 24.0 Å². The van der Waals surface area contributed by atoms with E-state index in [4.69, 9.17) is 20.4 Å². The highest BCUT2D eigenvalue weighted by Crippen LogP contribution is 2.15. The lowest BCUT2D eigenvalue weighted by Crippen LogP contribution is -2.42. The number of carboxylic acids is 3. The van der Waals surface area contributed by atoms with Crippen LogP contribution >= 0.6 is 0 Å². The van der Waals surface area contributed by atoms with Crippen molar-refractivity contribution < 1.29 is 49.1 Å². The summed E-state index contributed by atoms with van der Waals surface area (Å²) in [4.78, 5) is 50.5. The van der Waals surface area contributed by atoms with Gasteiger partial charge in [0.05, 0.1) is 25.7 Å². The van der Waals surface area contributed by atoms with Crippen molar-refractivity contribution in [1.29, 1.82) is 0 Å². The Bertz CT molecular complexity index is 407. The molecular formula is C10H12O10. The number of ether oxygens (including phenoxy) is 1. The quantitative estimate of drug-likeness (QED) is 0.348. The Morgan fingerprint density at radius 3 is 1.45 bits per heavy atom. The van der Waals surface area contributed by atoms with Gasteiger partial charge in [0.2, 0.25) is 0 Å². The largest absolute Gasteiger partial charge is 0.481 e. The minimum atomic E-state index is -2.74. The van der Waals surface area contributed by atoms with Crippen molar-refractivity contribution in [3.05, 3.63) is 0 Å². The van der Waals surface area contributed by atoms with Gasteiger partial charge in [-0.05, 0) is 0 Å². The number of rotatable bonds is 5. The molecule has 0 bridgehead atoms. The van der Waals surface area contributed by atoms with Crippen molar-refractivity contribution >= 4 is 29.8 Å². The summed E-state index contributed by atoms with van der Waals surface area (Å²) in [5, 5.41) is 33.8. The van der Waals surface area contributed by atoms with Crippen molar-refractivity contribution in [3.63, 3.8) is 0 Å². The fourth-order valence-corrected chi connectivity index (χ4v) is 1.15. The van der Waals surface area contributed by atoms with Crippen LogP contribution in [-0.2, 0) is 28.7 Å². The lowest BCUT2D eigenvalue weighted by atomic mass is 9.96. The molecule has 0 radical (unpaired) electrons. The highest BCUT2D eigenvalue weighted by molar-refractivity contribution is 5.92. The summed E-state index contributed by atoms with van der Waals surface area (Å²) in [7, 11) is 0. The van der Waals surface area contributed by atoms with Gasteiger partial charge in [-0.2, -0.15) is 0 Å². The van der Waals surface area contributed by atoms with E-state index in [1.165, 1.54) is 0 Å². The van der Waals surface area contributed by atoms with E-state index in [1.807, 2.05) is 0 Å². The molecule has 1 aliphatic rings. The first-order chi connectivity index (χ1) is 9.06. The molecule has 0 aromatic carbocycles. The van der Waals surface area contributed by atoms with Gasteiger partial charge < -0.3 is 25.2 Å². The molecule has 1 heterocycles. The number of hydrogen-bond acceptors (Lipinski definition) is 7. The van der Waals surface area contributed by atoms with Crippen LogP contribution < -0.4 is 0 Å². The van der Waals surface area contributed by atoms with Gasteiger partial charge in [0.1, 0.15) is 0 Å². The van der Waals surface area contributed by atoms with Crippen molar-refractivity contribution in [3.8, 4) is 0 Å². The highest BCUT2D eigenvalue weighted by atomic mass is 16.6. The van der Waals surface area contributed by atoms with Gasteiger partial charge in [-0.1, -0.05) is 0 Å². The van der Waals surface area contributed by atoms with Crippen LogP contribution in [0.4, 0.5) is 0 Å². The van der Waals surface area contributed by atoms with E-state index < -0.39 is 48.3 Å². The zero-order valence-corrected chi connectivity index (χ0v) is 10.1. The highest BCUT2D eigenvalue weighted by Gasteiger charge is 2.40. The SMILES string of the molecule is O=C(O)CC(O)(CC(=O)O)C(=O)O.O=C1CCC(=O)O1. The molecule has 0 atom stereocenters. The standard InChI is InChI=1S/C6H8O7.C4H4O3/c7-3(8)1-6(13,5(11)12)2-4(9)10;5-3-1-2-4(6)7-3/h13H,1-2H2,(H,7,8)(H,9,10)(H,11,12);1-2H2. The zero-order chi connectivity index (χ0) is 15.9. The third-order valence-electron chi connectivity index (χ3n) is 2.05. The van der Waals surface area contributed by atoms with Crippen LogP contribution in [0.2, 0.25) is 0 Å². The first kappa shape index (κ1) is 17.5. The Balaban J connectivity index is 0.000000428. The van der Waals surface area contributed by atoms with E-state index >= 15 is 0 Å². The maximum atomic E-state index is 10.3. The van der Waals surface area contributed by atoms with Crippen LogP contribution in [0.15, 0.2) is 0 Å². The van der Waals surface area contributed by atoms with E-state index in [2.05, 4.69) is 4.74 Å².